The van der Waals surface area contributed by atoms with Gasteiger partial charge in [-0.15, -0.1) is 0 Å². The second-order valence-electron chi connectivity index (χ2n) is 8.30. The molecule has 0 unspecified atom stereocenters. The summed E-state index contributed by atoms with van der Waals surface area (Å²) in [5, 5.41) is 2.76. The van der Waals surface area contributed by atoms with Crippen molar-refractivity contribution >= 4 is 21.8 Å². The molecule has 9 nitrogen and oxygen atoms in total. The Morgan fingerprint density at radius 1 is 0.941 bits per heavy atom. The number of hydrogen-bond acceptors (Lipinski definition) is 6. The number of nitrogens with zero attached hydrogens (tertiary/aromatic N) is 2. The third kappa shape index (κ3) is 6.27. The van der Waals surface area contributed by atoms with Crippen LogP contribution in [0.15, 0.2) is 59.5 Å². The third-order valence-corrected chi connectivity index (χ3v) is 7.52. The van der Waals surface area contributed by atoms with Crippen molar-refractivity contribution in [2.24, 2.45) is 5.92 Å². The second-order valence-corrected chi connectivity index (χ2v) is 10.2. The lowest BCUT2D eigenvalue weighted by atomic mass is 10.0. The van der Waals surface area contributed by atoms with Crippen LogP contribution < -0.4 is 14.8 Å². The fraction of sp³-hybridized carbons (Fsp3) is 0.417. The molecule has 184 valence electrons. The second kappa shape index (κ2) is 11.3. The largest absolute Gasteiger partial charge is 0.497 e. The maximum Gasteiger partial charge on any atom is 0.258 e. The van der Waals surface area contributed by atoms with E-state index in [2.05, 4.69) is 5.32 Å². The number of piperazine rings is 1. The van der Waals surface area contributed by atoms with Gasteiger partial charge in [-0.2, -0.15) is 4.31 Å². The molecule has 3 rings (SSSR count). The SMILES string of the molecule is COc1ccc(S(=O)(=O)N2CCN(C(=O)[C@@H](NC(=O)COc3ccccc3)C(C)C)CC2)cc1. The van der Waals surface area contributed by atoms with Gasteiger partial charge in [0.1, 0.15) is 17.5 Å². The van der Waals surface area contributed by atoms with Gasteiger partial charge in [0.25, 0.3) is 5.91 Å². The van der Waals surface area contributed by atoms with Crippen LogP contribution in [0.2, 0.25) is 0 Å². The number of sulfonamides is 1. The van der Waals surface area contributed by atoms with Crippen molar-refractivity contribution in [2.75, 3.05) is 39.9 Å². The molecular weight excluding hydrogens is 458 g/mol. The average molecular weight is 490 g/mol. The minimum absolute atomic E-state index is 0.144. The summed E-state index contributed by atoms with van der Waals surface area (Å²) in [7, 11) is -2.16. The van der Waals surface area contributed by atoms with Crippen LogP contribution in [-0.4, -0.2) is 75.4 Å². The summed E-state index contributed by atoms with van der Waals surface area (Å²) >= 11 is 0. The summed E-state index contributed by atoms with van der Waals surface area (Å²) in [5.74, 6) is 0.375. The van der Waals surface area contributed by atoms with E-state index in [0.717, 1.165) is 0 Å². The Morgan fingerprint density at radius 3 is 2.12 bits per heavy atom. The lowest BCUT2D eigenvalue weighted by molar-refractivity contribution is -0.139. The highest BCUT2D eigenvalue weighted by Crippen LogP contribution is 2.21. The minimum Gasteiger partial charge on any atom is -0.497 e. The topological polar surface area (TPSA) is 105 Å². The smallest absolute Gasteiger partial charge is 0.258 e. The predicted octanol–water partition coefficient (Wildman–Crippen LogP) is 1.75. The molecule has 34 heavy (non-hydrogen) atoms. The number of carbonyl (C=O) groups excluding carboxylic acids is 2. The quantitative estimate of drug-likeness (QED) is 0.575. The highest BCUT2D eigenvalue weighted by Gasteiger charge is 2.34. The van der Waals surface area contributed by atoms with E-state index >= 15 is 0 Å². The molecule has 2 aromatic rings. The predicted molar refractivity (Wildman–Crippen MR) is 127 cm³/mol. The molecule has 0 saturated carbocycles. The van der Waals surface area contributed by atoms with Crippen LogP contribution >= 0.6 is 0 Å². The van der Waals surface area contributed by atoms with Gasteiger partial charge in [-0.1, -0.05) is 32.0 Å². The number of ether oxygens (including phenoxy) is 2. The van der Waals surface area contributed by atoms with Gasteiger partial charge in [0.15, 0.2) is 6.61 Å². The number of para-hydroxylation sites is 1. The van der Waals surface area contributed by atoms with Gasteiger partial charge in [0.05, 0.1) is 12.0 Å². The Morgan fingerprint density at radius 2 is 1.56 bits per heavy atom. The van der Waals surface area contributed by atoms with Gasteiger partial charge in [-0.3, -0.25) is 9.59 Å². The van der Waals surface area contributed by atoms with Crippen molar-refractivity contribution in [1.29, 1.82) is 0 Å². The van der Waals surface area contributed by atoms with Crippen LogP contribution in [0.1, 0.15) is 13.8 Å². The Hall–Kier alpha value is -3.11. The maximum absolute atomic E-state index is 13.1. The summed E-state index contributed by atoms with van der Waals surface area (Å²) in [6.45, 7) is 4.35. The molecule has 0 bridgehead atoms. The molecule has 2 aromatic carbocycles. The molecule has 1 heterocycles. The van der Waals surface area contributed by atoms with Crippen molar-refractivity contribution in [3.05, 3.63) is 54.6 Å². The maximum atomic E-state index is 13.1. The van der Waals surface area contributed by atoms with Crippen LogP contribution in [0.4, 0.5) is 0 Å². The van der Waals surface area contributed by atoms with Gasteiger partial charge in [0, 0.05) is 26.2 Å². The average Bonchev–Trinajstić information content (AvgIpc) is 2.86. The first-order chi connectivity index (χ1) is 16.2. The Labute approximate surface area is 200 Å². The van der Waals surface area contributed by atoms with Crippen molar-refractivity contribution in [1.82, 2.24) is 14.5 Å². The summed E-state index contributed by atoms with van der Waals surface area (Å²) in [4.78, 5) is 27.3. The van der Waals surface area contributed by atoms with E-state index < -0.39 is 22.0 Å². The lowest BCUT2D eigenvalue weighted by Gasteiger charge is -2.36. The molecule has 1 saturated heterocycles. The molecule has 0 aromatic heterocycles. The van der Waals surface area contributed by atoms with Crippen LogP contribution in [0.25, 0.3) is 0 Å². The summed E-state index contributed by atoms with van der Waals surface area (Å²) in [6.07, 6.45) is 0. The Kier molecular flexibility index (Phi) is 8.51. The van der Waals surface area contributed by atoms with Crippen molar-refractivity contribution < 1.29 is 27.5 Å². The molecule has 1 aliphatic heterocycles. The van der Waals surface area contributed by atoms with E-state index in [1.165, 1.54) is 23.5 Å². The van der Waals surface area contributed by atoms with Crippen LogP contribution in [-0.2, 0) is 19.6 Å². The van der Waals surface area contributed by atoms with Gasteiger partial charge < -0.3 is 19.7 Å². The van der Waals surface area contributed by atoms with E-state index in [4.69, 9.17) is 9.47 Å². The van der Waals surface area contributed by atoms with Crippen molar-refractivity contribution in [3.8, 4) is 11.5 Å². The summed E-state index contributed by atoms with van der Waals surface area (Å²) in [6, 6.07) is 14.5. The first-order valence-electron chi connectivity index (χ1n) is 11.1. The number of amides is 2. The van der Waals surface area contributed by atoms with E-state index in [9.17, 15) is 18.0 Å². The highest BCUT2D eigenvalue weighted by atomic mass is 32.2. The molecular formula is C24H31N3O6S. The van der Waals surface area contributed by atoms with Crippen LogP contribution in [0.5, 0.6) is 11.5 Å². The van der Waals surface area contributed by atoms with Crippen molar-refractivity contribution in [2.45, 2.75) is 24.8 Å². The molecule has 0 radical (unpaired) electrons. The number of nitrogens with one attached hydrogen (secondary N) is 1. The zero-order valence-electron chi connectivity index (χ0n) is 19.6. The van der Waals surface area contributed by atoms with E-state index in [-0.39, 0.29) is 49.5 Å². The van der Waals surface area contributed by atoms with Gasteiger partial charge >= 0.3 is 0 Å². The molecule has 0 spiro atoms. The molecule has 1 fully saturated rings. The molecule has 1 N–H and O–H groups in total. The summed E-state index contributed by atoms with van der Waals surface area (Å²) in [5.41, 5.74) is 0. The zero-order valence-corrected chi connectivity index (χ0v) is 20.5. The van der Waals surface area contributed by atoms with Gasteiger partial charge in [-0.25, -0.2) is 8.42 Å². The molecule has 10 heteroatoms. The number of rotatable bonds is 9. The number of methoxy groups -OCH3 is 1. The van der Waals surface area contributed by atoms with Gasteiger partial charge in [0.2, 0.25) is 15.9 Å². The molecule has 0 aliphatic carbocycles. The Bertz CT molecular complexity index is 1070. The molecule has 2 amide bonds. The van der Waals surface area contributed by atoms with Crippen LogP contribution in [0.3, 0.4) is 0 Å². The minimum atomic E-state index is -3.67. The van der Waals surface area contributed by atoms with E-state index in [1.807, 2.05) is 32.0 Å². The number of hydrogen-bond donors (Lipinski definition) is 1. The lowest BCUT2D eigenvalue weighted by Crippen LogP contribution is -2.57. The first kappa shape index (κ1) is 25.5. The van der Waals surface area contributed by atoms with Crippen LogP contribution in [0, 0.1) is 5.92 Å². The molecule has 1 atom stereocenters. The fourth-order valence-corrected chi connectivity index (χ4v) is 5.06. The van der Waals surface area contributed by atoms with E-state index in [1.54, 1.807) is 29.2 Å². The molecule has 1 aliphatic rings. The third-order valence-electron chi connectivity index (χ3n) is 5.61. The first-order valence-corrected chi connectivity index (χ1v) is 12.6. The van der Waals surface area contributed by atoms with Gasteiger partial charge in [-0.05, 0) is 42.3 Å². The zero-order chi connectivity index (χ0) is 24.7. The number of carbonyl (C=O) groups is 2. The van der Waals surface area contributed by atoms with Crippen molar-refractivity contribution in [3.63, 3.8) is 0 Å². The summed E-state index contributed by atoms with van der Waals surface area (Å²) < 4.78 is 37.8. The Balaban J connectivity index is 1.56. The highest BCUT2D eigenvalue weighted by molar-refractivity contribution is 7.89. The fourth-order valence-electron chi connectivity index (χ4n) is 3.64. The number of benzene rings is 2. The standard InChI is InChI=1S/C24H31N3O6S/c1-18(2)23(25-22(28)17-33-20-7-5-4-6-8-20)24(29)26-13-15-27(16-14-26)34(30,31)21-11-9-19(32-3)10-12-21/h4-12,18,23H,13-17H2,1-3H3,(H,25,28)/t23-/m0/s1. The van der Waals surface area contributed by atoms with E-state index in [0.29, 0.717) is 11.5 Å². The monoisotopic (exact) mass is 489 g/mol. The normalized spacial score (nSPS) is 15.6.